The van der Waals surface area contributed by atoms with Gasteiger partial charge in [0.05, 0.1) is 16.3 Å². The van der Waals surface area contributed by atoms with Crippen molar-refractivity contribution in [1.29, 1.82) is 0 Å². The highest BCUT2D eigenvalue weighted by Crippen LogP contribution is 2.26. The highest BCUT2D eigenvalue weighted by Gasteiger charge is 2.22. The Hall–Kier alpha value is -2.00. The summed E-state index contributed by atoms with van der Waals surface area (Å²) in [6.07, 6.45) is 1.97. The van der Waals surface area contributed by atoms with Crippen LogP contribution in [0.1, 0.15) is 27.9 Å². The van der Waals surface area contributed by atoms with Crippen LogP contribution >= 0.6 is 11.6 Å². The first-order valence-electron chi connectivity index (χ1n) is 7.07. The van der Waals surface area contributed by atoms with Gasteiger partial charge in [0.15, 0.2) is 0 Å². The Balaban J connectivity index is 1.90. The molecule has 0 atom stereocenters. The molecule has 3 nitrogen and oxygen atoms in total. The monoisotopic (exact) mass is 300 g/mol. The van der Waals surface area contributed by atoms with E-state index in [4.69, 9.17) is 17.3 Å². The number of rotatable bonds is 1. The van der Waals surface area contributed by atoms with Crippen LogP contribution in [0.15, 0.2) is 42.5 Å². The van der Waals surface area contributed by atoms with Crippen LogP contribution in [-0.2, 0) is 13.0 Å². The lowest BCUT2D eigenvalue weighted by molar-refractivity contribution is 0.0746. The lowest BCUT2D eigenvalue weighted by Gasteiger charge is -2.22. The number of halogens is 1. The van der Waals surface area contributed by atoms with Gasteiger partial charge < -0.3 is 10.6 Å². The van der Waals surface area contributed by atoms with Crippen molar-refractivity contribution in [3.05, 3.63) is 64.2 Å². The molecule has 2 aromatic rings. The number of carbonyl (C=O) groups excluding carboxylic acids is 1. The molecular weight excluding hydrogens is 284 g/mol. The maximum absolute atomic E-state index is 12.7. The van der Waals surface area contributed by atoms with Gasteiger partial charge in [-0.25, -0.2) is 0 Å². The van der Waals surface area contributed by atoms with Crippen molar-refractivity contribution in [2.45, 2.75) is 19.4 Å². The molecule has 2 N–H and O–H groups in total. The molecule has 0 saturated carbocycles. The second-order valence-electron chi connectivity index (χ2n) is 5.31. The first-order valence-corrected chi connectivity index (χ1v) is 7.44. The quantitative estimate of drug-likeness (QED) is 0.819. The van der Waals surface area contributed by atoms with E-state index >= 15 is 0 Å². The Morgan fingerprint density at radius 2 is 1.86 bits per heavy atom. The van der Waals surface area contributed by atoms with Crippen LogP contribution < -0.4 is 5.73 Å². The number of hydrogen-bond acceptors (Lipinski definition) is 2. The predicted molar refractivity (Wildman–Crippen MR) is 85.4 cm³/mol. The standard InChI is InChI=1S/C17H17ClN2O/c18-16-14(8-3-9-15(16)19)17(21)20-10-4-7-12-5-1-2-6-13(12)11-20/h1-3,5-6,8-9H,4,7,10-11,19H2. The predicted octanol–water partition coefficient (Wildman–Crippen LogP) is 3.51. The largest absolute Gasteiger partial charge is 0.398 e. The normalized spacial score (nSPS) is 14.4. The number of anilines is 1. The average molecular weight is 301 g/mol. The van der Waals surface area contributed by atoms with E-state index in [1.165, 1.54) is 11.1 Å². The van der Waals surface area contributed by atoms with Gasteiger partial charge >= 0.3 is 0 Å². The summed E-state index contributed by atoms with van der Waals surface area (Å²) in [5, 5.41) is 0.347. The van der Waals surface area contributed by atoms with Gasteiger partial charge in [0.2, 0.25) is 0 Å². The fraction of sp³-hybridized carbons (Fsp3) is 0.235. The molecule has 1 aliphatic heterocycles. The smallest absolute Gasteiger partial charge is 0.255 e. The van der Waals surface area contributed by atoms with E-state index < -0.39 is 0 Å². The third-order valence-electron chi connectivity index (χ3n) is 3.90. The van der Waals surface area contributed by atoms with Crippen molar-refractivity contribution < 1.29 is 4.79 Å². The summed E-state index contributed by atoms with van der Waals surface area (Å²) in [7, 11) is 0. The van der Waals surface area contributed by atoms with Gasteiger partial charge in [-0.1, -0.05) is 41.9 Å². The van der Waals surface area contributed by atoms with Gasteiger partial charge in [-0.15, -0.1) is 0 Å². The van der Waals surface area contributed by atoms with Crippen molar-refractivity contribution in [1.82, 2.24) is 4.90 Å². The number of nitrogens with zero attached hydrogens (tertiary/aromatic N) is 1. The number of hydrogen-bond donors (Lipinski definition) is 1. The summed E-state index contributed by atoms with van der Waals surface area (Å²) < 4.78 is 0. The molecule has 4 heteroatoms. The fourth-order valence-corrected chi connectivity index (χ4v) is 2.97. The number of fused-ring (bicyclic) bond motifs is 1. The molecule has 1 aliphatic rings. The summed E-state index contributed by atoms with van der Waals surface area (Å²) in [4.78, 5) is 14.6. The van der Waals surface area contributed by atoms with Gasteiger partial charge in [0.25, 0.3) is 5.91 Å². The highest BCUT2D eigenvalue weighted by molar-refractivity contribution is 6.36. The summed E-state index contributed by atoms with van der Waals surface area (Å²) in [5.41, 5.74) is 9.25. The molecule has 3 rings (SSSR count). The third kappa shape index (κ3) is 2.74. The van der Waals surface area contributed by atoms with E-state index in [1.807, 2.05) is 17.0 Å². The van der Waals surface area contributed by atoms with Gasteiger partial charge in [-0.3, -0.25) is 4.79 Å². The molecule has 0 saturated heterocycles. The van der Waals surface area contributed by atoms with Crippen LogP contribution in [-0.4, -0.2) is 17.4 Å². The minimum Gasteiger partial charge on any atom is -0.398 e. The van der Waals surface area contributed by atoms with Crippen LogP contribution in [0.2, 0.25) is 5.02 Å². The minimum absolute atomic E-state index is 0.0518. The van der Waals surface area contributed by atoms with Gasteiger partial charge in [-0.2, -0.15) is 0 Å². The third-order valence-corrected chi connectivity index (χ3v) is 4.32. The molecule has 0 unspecified atom stereocenters. The zero-order chi connectivity index (χ0) is 14.8. The molecule has 0 bridgehead atoms. The lowest BCUT2D eigenvalue weighted by Crippen LogP contribution is -2.31. The topological polar surface area (TPSA) is 46.3 Å². The van der Waals surface area contributed by atoms with E-state index in [0.29, 0.717) is 22.8 Å². The summed E-state index contributed by atoms with van der Waals surface area (Å²) in [5.74, 6) is -0.0518. The second-order valence-corrected chi connectivity index (χ2v) is 5.69. The fourth-order valence-electron chi connectivity index (χ4n) is 2.76. The molecule has 0 aliphatic carbocycles. The van der Waals surface area contributed by atoms with Crippen LogP contribution in [0.4, 0.5) is 5.69 Å². The molecule has 0 spiro atoms. The molecule has 1 amide bonds. The zero-order valence-electron chi connectivity index (χ0n) is 11.7. The van der Waals surface area contributed by atoms with Crippen LogP contribution in [0.25, 0.3) is 0 Å². The first kappa shape index (κ1) is 14.0. The molecular formula is C17H17ClN2O. The maximum Gasteiger partial charge on any atom is 0.255 e. The van der Waals surface area contributed by atoms with E-state index in [1.54, 1.807) is 18.2 Å². The number of nitrogens with two attached hydrogens (primary N) is 1. The summed E-state index contributed by atoms with van der Waals surface area (Å²) in [6, 6.07) is 13.5. The number of nitrogen functional groups attached to an aromatic ring is 1. The van der Waals surface area contributed by atoms with Gasteiger partial charge in [-0.05, 0) is 36.1 Å². The van der Waals surface area contributed by atoms with Crippen LogP contribution in [0, 0.1) is 0 Å². The van der Waals surface area contributed by atoms with E-state index in [2.05, 4.69) is 12.1 Å². The van der Waals surface area contributed by atoms with E-state index in [9.17, 15) is 4.79 Å². The Morgan fingerprint density at radius 3 is 2.67 bits per heavy atom. The van der Waals surface area contributed by atoms with Crippen LogP contribution in [0.5, 0.6) is 0 Å². The maximum atomic E-state index is 12.7. The number of amides is 1. The Morgan fingerprint density at radius 1 is 1.10 bits per heavy atom. The molecule has 108 valence electrons. The number of carbonyl (C=O) groups is 1. The van der Waals surface area contributed by atoms with Crippen molar-refractivity contribution in [2.75, 3.05) is 12.3 Å². The van der Waals surface area contributed by atoms with Gasteiger partial charge in [0, 0.05) is 13.1 Å². The SMILES string of the molecule is Nc1cccc(C(=O)N2CCCc3ccccc3C2)c1Cl. The Labute approximate surface area is 129 Å². The van der Waals surface area contributed by atoms with Gasteiger partial charge in [0.1, 0.15) is 0 Å². The molecule has 0 aromatic heterocycles. The van der Waals surface area contributed by atoms with E-state index in [0.717, 1.165) is 19.4 Å². The highest BCUT2D eigenvalue weighted by atomic mass is 35.5. The van der Waals surface area contributed by atoms with Crippen molar-refractivity contribution in [3.8, 4) is 0 Å². The zero-order valence-corrected chi connectivity index (χ0v) is 12.4. The Bertz CT molecular complexity index is 684. The van der Waals surface area contributed by atoms with Crippen molar-refractivity contribution in [2.24, 2.45) is 0 Å². The first-order chi connectivity index (χ1) is 10.2. The van der Waals surface area contributed by atoms with E-state index in [-0.39, 0.29) is 5.91 Å². The number of benzene rings is 2. The minimum atomic E-state index is -0.0518. The molecule has 21 heavy (non-hydrogen) atoms. The van der Waals surface area contributed by atoms with Crippen LogP contribution in [0.3, 0.4) is 0 Å². The molecule has 0 radical (unpaired) electrons. The van der Waals surface area contributed by atoms with Crippen molar-refractivity contribution in [3.63, 3.8) is 0 Å². The Kier molecular flexibility index (Phi) is 3.84. The molecule has 1 heterocycles. The van der Waals surface area contributed by atoms with Crippen molar-refractivity contribution >= 4 is 23.2 Å². The molecule has 2 aromatic carbocycles. The average Bonchev–Trinajstić information content (AvgIpc) is 2.71. The second kappa shape index (κ2) is 5.78. The lowest BCUT2D eigenvalue weighted by atomic mass is 10.0. The summed E-state index contributed by atoms with van der Waals surface area (Å²) in [6.45, 7) is 1.36. The molecule has 0 fully saturated rings. The summed E-state index contributed by atoms with van der Waals surface area (Å²) >= 11 is 6.18. The number of aryl methyl sites for hydroxylation is 1.